The summed E-state index contributed by atoms with van der Waals surface area (Å²) in [5.41, 5.74) is 0.515. The number of fused-ring (bicyclic) bond motifs is 1. The molecule has 0 unspecified atom stereocenters. The molecule has 3 N–H and O–H groups in total. The smallest absolute Gasteiger partial charge is 0.335 e. The number of benzene rings is 1. The molecular formula is C15H20N2O4. The maximum absolute atomic E-state index is 11.1. The van der Waals surface area contributed by atoms with E-state index in [1.807, 2.05) is 6.92 Å². The average Bonchev–Trinajstić information content (AvgIpc) is 2.84. The summed E-state index contributed by atoms with van der Waals surface area (Å²) in [6.07, 6.45) is 1.55. The molecule has 0 fully saturated rings. The maximum Gasteiger partial charge on any atom is 0.335 e. The fourth-order valence-corrected chi connectivity index (χ4v) is 2.44. The summed E-state index contributed by atoms with van der Waals surface area (Å²) in [6, 6.07) is 4.70. The van der Waals surface area contributed by atoms with Gasteiger partial charge >= 0.3 is 5.97 Å². The van der Waals surface area contributed by atoms with Crippen LogP contribution in [0.15, 0.2) is 18.2 Å². The standard InChI is InChI=1S/C15H20N2O4/c1-3-4-13-16-11-6-5-10(14(20)21)7-12(11)17(13)15(2,8-18)9-19/h5-7,18-19H,3-4,8-9H2,1-2H3,(H,20,21). The van der Waals surface area contributed by atoms with Gasteiger partial charge in [-0.25, -0.2) is 9.78 Å². The zero-order valence-corrected chi connectivity index (χ0v) is 12.2. The number of hydrogen-bond acceptors (Lipinski definition) is 4. The summed E-state index contributed by atoms with van der Waals surface area (Å²) in [5, 5.41) is 28.5. The van der Waals surface area contributed by atoms with Crippen LogP contribution in [0.2, 0.25) is 0 Å². The van der Waals surface area contributed by atoms with E-state index in [1.165, 1.54) is 12.1 Å². The summed E-state index contributed by atoms with van der Waals surface area (Å²) in [4.78, 5) is 15.7. The topological polar surface area (TPSA) is 95.6 Å². The molecule has 21 heavy (non-hydrogen) atoms. The lowest BCUT2D eigenvalue weighted by Crippen LogP contribution is -2.39. The number of hydrogen-bond donors (Lipinski definition) is 3. The Labute approximate surface area is 122 Å². The predicted octanol–water partition coefficient (Wildman–Crippen LogP) is 1.39. The van der Waals surface area contributed by atoms with Gasteiger partial charge in [0, 0.05) is 6.42 Å². The van der Waals surface area contributed by atoms with Gasteiger partial charge in [-0.3, -0.25) is 0 Å². The van der Waals surface area contributed by atoms with Crippen LogP contribution in [0.1, 0.15) is 36.5 Å². The summed E-state index contributed by atoms with van der Waals surface area (Å²) in [7, 11) is 0. The van der Waals surface area contributed by atoms with Gasteiger partial charge in [0.05, 0.1) is 35.3 Å². The molecule has 0 bridgehead atoms. The first-order valence-corrected chi connectivity index (χ1v) is 6.93. The van der Waals surface area contributed by atoms with Crippen LogP contribution in [0.25, 0.3) is 11.0 Å². The number of rotatable bonds is 6. The summed E-state index contributed by atoms with van der Waals surface area (Å²) in [5.74, 6) is -0.281. The van der Waals surface area contributed by atoms with Gasteiger partial charge in [0.1, 0.15) is 5.82 Å². The number of aliphatic hydroxyl groups is 2. The first-order valence-electron chi connectivity index (χ1n) is 6.93. The molecule has 1 aromatic carbocycles. The normalized spacial score (nSPS) is 12.0. The van der Waals surface area contributed by atoms with Gasteiger partial charge in [0.15, 0.2) is 0 Å². The minimum absolute atomic E-state index is 0.157. The van der Waals surface area contributed by atoms with Crippen LogP contribution in [0.3, 0.4) is 0 Å². The van der Waals surface area contributed by atoms with Crippen LogP contribution in [0.5, 0.6) is 0 Å². The monoisotopic (exact) mass is 292 g/mol. The molecule has 0 aliphatic carbocycles. The van der Waals surface area contributed by atoms with Crippen molar-refractivity contribution in [3.63, 3.8) is 0 Å². The van der Waals surface area contributed by atoms with Crippen molar-refractivity contribution < 1.29 is 20.1 Å². The van der Waals surface area contributed by atoms with Gasteiger partial charge < -0.3 is 19.9 Å². The second kappa shape index (κ2) is 5.83. The molecule has 6 nitrogen and oxygen atoms in total. The van der Waals surface area contributed by atoms with Crippen LogP contribution < -0.4 is 0 Å². The fraction of sp³-hybridized carbons (Fsp3) is 0.467. The van der Waals surface area contributed by atoms with Crippen molar-refractivity contribution in [3.05, 3.63) is 29.6 Å². The van der Waals surface area contributed by atoms with Crippen LogP contribution in [0, 0.1) is 0 Å². The van der Waals surface area contributed by atoms with Crippen molar-refractivity contribution in [2.24, 2.45) is 0 Å². The predicted molar refractivity (Wildman–Crippen MR) is 78.5 cm³/mol. The highest BCUT2D eigenvalue weighted by Gasteiger charge is 2.29. The van der Waals surface area contributed by atoms with Crippen molar-refractivity contribution in [2.45, 2.75) is 32.2 Å². The molecule has 1 heterocycles. The molecule has 0 spiro atoms. The number of carbonyl (C=O) groups is 1. The van der Waals surface area contributed by atoms with Gasteiger partial charge in [-0.15, -0.1) is 0 Å². The van der Waals surface area contributed by atoms with E-state index in [0.717, 1.165) is 12.2 Å². The molecule has 2 aromatic rings. The lowest BCUT2D eigenvalue weighted by atomic mass is 10.0. The molecule has 1 aromatic heterocycles. The maximum atomic E-state index is 11.1. The molecule has 0 aliphatic heterocycles. The molecule has 114 valence electrons. The second-order valence-corrected chi connectivity index (χ2v) is 5.44. The number of nitrogens with zero attached hydrogens (tertiary/aromatic N) is 2. The molecule has 0 aliphatic rings. The van der Waals surface area contributed by atoms with Crippen molar-refractivity contribution >= 4 is 17.0 Å². The van der Waals surface area contributed by atoms with Crippen molar-refractivity contribution in [1.82, 2.24) is 9.55 Å². The Morgan fingerprint density at radius 3 is 2.52 bits per heavy atom. The number of aromatic carboxylic acids is 1. The van der Waals surface area contributed by atoms with E-state index < -0.39 is 11.5 Å². The first kappa shape index (κ1) is 15.5. The Bertz CT molecular complexity index is 659. The van der Waals surface area contributed by atoms with Crippen LogP contribution in [-0.4, -0.2) is 44.1 Å². The van der Waals surface area contributed by atoms with Crippen molar-refractivity contribution in [1.29, 1.82) is 0 Å². The van der Waals surface area contributed by atoms with E-state index in [-0.39, 0.29) is 18.8 Å². The van der Waals surface area contributed by atoms with E-state index >= 15 is 0 Å². The van der Waals surface area contributed by atoms with Crippen LogP contribution in [0.4, 0.5) is 0 Å². The second-order valence-electron chi connectivity index (χ2n) is 5.44. The molecule has 2 rings (SSSR count). The van der Waals surface area contributed by atoms with Gasteiger partial charge in [-0.05, 0) is 31.5 Å². The molecular weight excluding hydrogens is 272 g/mol. The Balaban J connectivity index is 2.75. The molecule has 6 heteroatoms. The zero-order chi connectivity index (χ0) is 15.6. The minimum atomic E-state index is -1.02. The van der Waals surface area contributed by atoms with E-state index in [0.29, 0.717) is 17.5 Å². The third-order valence-electron chi connectivity index (χ3n) is 3.67. The highest BCUT2D eigenvalue weighted by molar-refractivity contribution is 5.92. The third-order valence-corrected chi connectivity index (χ3v) is 3.67. The van der Waals surface area contributed by atoms with Gasteiger partial charge in [0.25, 0.3) is 0 Å². The Hall–Kier alpha value is -1.92. The number of aliphatic hydroxyl groups excluding tert-OH is 2. The molecule has 0 amide bonds. The number of aromatic nitrogens is 2. The Morgan fingerprint density at radius 2 is 2.00 bits per heavy atom. The minimum Gasteiger partial charge on any atom is -0.478 e. The number of carboxylic acid groups (broad SMARTS) is 1. The highest BCUT2D eigenvalue weighted by Crippen LogP contribution is 2.27. The van der Waals surface area contributed by atoms with Crippen molar-refractivity contribution in [2.75, 3.05) is 13.2 Å². The van der Waals surface area contributed by atoms with Crippen molar-refractivity contribution in [3.8, 4) is 0 Å². The molecule has 0 atom stereocenters. The fourth-order valence-electron chi connectivity index (χ4n) is 2.44. The van der Waals surface area contributed by atoms with Gasteiger partial charge in [0.2, 0.25) is 0 Å². The number of aryl methyl sites for hydroxylation is 1. The van der Waals surface area contributed by atoms with E-state index in [4.69, 9.17) is 5.11 Å². The summed E-state index contributed by atoms with van der Waals surface area (Å²) in [6.45, 7) is 3.22. The number of imidazole rings is 1. The molecule has 0 saturated heterocycles. The molecule has 0 radical (unpaired) electrons. The van der Waals surface area contributed by atoms with Crippen LogP contribution in [-0.2, 0) is 12.0 Å². The molecule has 0 saturated carbocycles. The quantitative estimate of drug-likeness (QED) is 0.747. The van der Waals surface area contributed by atoms with E-state index in [2.05, 4.69) is 4.98 Å². The SMILES string of the molecule is CCCc1nc2ccc(C(=O)O)cc2n1C(C)(CO)CO. The zero-order valence-electron chi connectivity index (χ0n) is 12.2. The van der Waals surface area contributed by atoms with Crippen LogP contribution >= 0.6 is 0 Å². The summed E-state index contributed by atoms with van der Waals surface area (Å²) < 4.78 is 1.76. The van der Waals surface area contributed by atoms with Gasteiger partial charge in [-0.1, -0.05) is 6.92 Å². The highest BCUT2D eigenvalue weighted by atomic mass is 16.4. The number of carboxylic acids is 1. The lowest BCUT2D eigenvalue weighted by Gasteiger charge is -2.29. The van der Waals surface area contributed by atoms with E-state index in [1.54, 1.807) is 17.6 Å². The van der Waals surface area contributed by atoms with Gasteiger partial charge in [-0.2, -0.15) is 0 Å². The van der Waals surface area contributed by atoms with E-state index in [9.17, 15) is 15.0 Å². The Kier molecular flexibility index (Phi) is 4.29. The third kappa shape index (κ3) is 2.64. The first-order chi connectivity index (χ1) is 9.96. The lowest BCUT2D eigenvalue weighted by molar-refractivity contribution is 0.0697. The largest absolute Gasteiger partial charge is 0.478 e. The Morgan fingerprint density at radius 1 is 1.33 bits per heavy atom. The summed E-state index contributed by atoms with van der Waals surface area (Å²) >= 11 is 0. The average molecular weight is 292 g/mol.